The number of benzene rings is 3. The Kier molecular flexibility index (Phi) is 11.4. The molecule has 8 nitrogen and oxygen atoms in total. The topological polar surface area (TPSA) is 98.6 Å². The van der Waals surface area contributed by atoms with Crippen molar-refractivity contribution >= 4 is 27.7 Å². The van der Waals surface area contributed by atoms with E-state index in [4.69, 9.17) is 29.0 Å². The van der Waals surface area contributed by atoms with Gasteiger partial charge in [0.15, 0.2) is 11.6 Å². The highest BCUT2D eigenvalue weighted by Gasteiger charge is 2.53. The molecule has 1 heterocycles. The molecule has 0 spiro atoms. The Bertz CT molecular complexity index is 1330. The average Bonchev–Trinajstić information content (AvgIpc) is 3.39. The van der Waals surface area contributed by atoms with Crippen molar-refractivity contribution in [3.05, 3.63) is 94.0 Å². The third-order valence-corrected chi connectivity index (χ3v) is 7.40. The van der Waals surface area contributed by atoms with Crippen LogP contribution in [-0.4, -0.2) is 62.0 Å². The van der Waals surface area contributed by atoms with Crippen molar-refractivity contribution in [1.29, 1.82) is 0 Å². The maximum atomic E-state index is 14.2. The van der Waals surface area contributed by atoms with Crippen molar-refractivity contribution < 1.29 is 28.8 Å². The number of aliphatic hydroxyl groups is 1. The van der Waals surface area contributed by atoms with E-state index >= 15 is 0 Å². The van der Waals surface area contributed by atoms with Crippen LogP contribution < -0.4 is 14.8 Å². The molecule has 0 saturated heterocycles. The van der Waals surface area contributed by atoms with E-state index in [0.29, 0.717) is 56.4 Å². The molecular weight excluding hydrogens is 600 g/mol. The molecule has 1 aliphatic heterocycles. The Hall–Kier alpha value is -3.40. The highest BCUT2D eigenvalue weighted by atomic mass is 79.9. The average molecular weight is 640 g/mol. The molecule has 0 saturated carbocycles. The van der Waals surface area contributed by atoms with Crippen LogP contribution in [0.25, 0.3) is 0 Å². The van der Waals surface area contributed by atoms with E-state index in [-0.39, 0.29) is 18.6 Å². The zero-order valence-electron chi connectivity index (χ0n) is 24.3. The van der Waals surface area contributed by atoms with Gasteiger partial charge in [-0.25, -0.2) is 4.99 Å². The largest absolute Gasteiger partial charge is 0.497 e. The summed E-state index contributed by atoms with van der Waals surface area (Å²) in [7, 11) is 1.61. The van der Waals surface area contributed by atoms with Crippen LogP contribution in [0.15, 0.2) is 82.3 Å². The van der Waals surface area contributed by atoms with Crippen molar-refractivity contribution in [3.63, 3.8) is 0 Å². The van der Waals surface area contributed by atoms with Crippen molar-refractivity contribution in [2.75, 3.05) is 33.5 Å². The van der Waals surface area contributed by atoms with Crippen molar-refractivity contribution in [3.8, 4) is 11.5 Å². The number of ether oxygens (including phenoxy) is 4. The maximum Gasteiger partial charge on any atom is 0.252 e. The number of aliphatic imine (C=N–C) groups is 1. The number of halogens is 1. The van der Waals surface area contributed by atoms with Crippen molar-refractivity contribution in [2.45, 2.75) is 50.9 Å². The molecule has 9 heteroatoms. The first-order chi connectivity index (χ1) is 20.3. The number of nitrogens with one attached hydrogen (secondary N) is 1. The van der Waals surface area contributed by atoms with E-state index in [1.54, 1.807) is 7.11 Å². The molecule has 224 valence electrons. The molecule has 0 aromatic heterocycles. The third kappa shape index (κ3) is 8.12. The van der Waals surface area contributed by atoms with Gasteiger partial charge < -0.3 is 29.4 Å². The smallest absolute Gasteiger partial charge is 0.252 e. The molecule has 4 rings (SSSR count). The number of aliphatic hydroxyl groups excluding tert-OH is 1. The summed E-state index contributed by atoms with van der Waals surface area (Å²) in [5.74, 6) is 1.50. The van der Waals surface area contributed by atoms with Crippen molar-refractivity contribution in [1.82, 2.24) is 5.32 Å². The van der Waals surface area contributed by atoms with E-state index in [1.165, 1.54) is 0 Å². The van der Waals surface area contributed by atoms with Crippen LogP contribution in [0.4, 0.5) is 0 Å². The molecule has 0 fully saturated rings. The van der Waals surface area contributed by atoms with Gasteiger partial charge in [0.25, 0.3) is 5.91 Å². The highest BCUT2D eigenvalue weighted by Crippen LogP contribution is 2.43. The lowest BCUT2D eigenvalue weighted by Gasteiger charge is -2.31. The standard InChI is InChI=1S/C33H39BrN2O6/c1-23(2)40-19-5-17-35-32(38)33(22-24-9-13-27(34)14-10-24)30(26-7-4-8-29(21-26)39-3)42-31(36-33)25-11-15-28(16-12-25)41-20-6-18-37/h4,7-16,21,23,30,37H,5-6,17-20,22H2,1-3H3,(H,35,38)/t30-,33-/m1/s1. The number of rotatable bonds is 15. The fourth-order valence-corrected chi connectivity index (χ4v) is 5.01. The molecule has 1 aliphatic rings. The summed E-state index contributed by atoms with van der Waals surface area (Å²) < 4.78 is 24.4. The summed E-state index contributed by atoms with van der Waals surface area (Å²) in [6, 6.07) is 22.9. The summed E-state index contributed by atoms with van der Waals surface area (Å²) >= 11 is 3.51. The molecule has 3 aromatic rings. The Balaban J connectivity index is 1.72. The van der Waals surface area contributed by atoms with E-state index in [2.05, 4.69) is 21.2 Å². The first-order valence-electron chi connectivity index (χ1n) is 14.2. The van der Waals surface area contributed by atoms with Crippen LogP contribution in [0.3, 0.4) is 0 Å². The lowest BCUT2D eigenvalue weighted by molar-refractivity contribution is -0.129. The first kappa shape index (κ1) is 31.5. The summed E-state index contributed by atoms with van der Waals surface area (Å²) in [6.45, 7) is 5.47. The summed E-state index contributed by atoms with van der Waals surface area (Å²) in [5.41, 5.74) is 1.18. The number of carbonyl (C=O) groups is 1. The molecule has 2 N–H and O–H groups in total. The fraction of sp³-hybridized carbons (Fsp3) is 0.394. The van der Waals surface area contributed by atoms with Crippen LogP contribution in [-0.2, 0) is 20.7 Å². The fourth-order valence-electron chi connectivity index (χ4n) is 4.75. The van der Waals surface area contributed by atoms with Crippen LogP contribution in [0, 0.1) is 0 Å². The zero-order chi connectivity index (χ0) is 30.0. The van der Waals surface area contributed by atoms with E-state index in [1.807, 2.05) is 86.6 Å². The molecular formula is C33H39BrN2O6. The Morgan fingerprint density at radius 1 is 1.05 bits per heavy atom. The number of nitrogens with zero attached hydrogens (tertiary/aromatic N) is 1. The van der Waals surface area contributed by atoms with Gasteiger partial charge in [0.2, 0.25) is 5.90 Å². The van der Waals surface area contributed by atoms with Crippen molar-refractivity contribution in [2.24, 2.45) is 4.99 Å². The lowest BCUT2D eigenvalue weighted by atomic mass is 9.82. The van der Waals surface area contributed by atoms with E-state index in [9.17, 15) is 4.79 Å². The second-order valence-corrected chi connectivity index (χ2v) is 11.3. The van der Waals surface area contributed by atoms with Gasteiger partial charge in [-0.2, -0.15) is 0 Å². The molecule has 42 heavy (non-hydrogen) atoms. The molecule has 0 aliphatic carbocycles. The van der Waals surface area contributed by atoms with Crippen LogP contribution >= 0.6 is 15.9 Å². The first-order valence-corrected chi connectivity index (χ1v) is 15.0. The summed E-state index contributed by atoms with van der Waals surface area (Å²) in [5, 5.41) is 12.2. The van der Waals surface area contributed by atoms with E-state index in [0.717, 1.165) is 21.2 Å². The number of methoxy groups -OCH3 is 1. The van der Waals surface area contributed by atoms with Gasteiger partial charge in [0.1, 0.15) is 11.5 Å². The summed E-state index contributed by atoms with van der Waals surface area (Å²) in [6.07, 6.45) is 0.971. The van der Waals surface area contributed by atoms with Gasteiger partial charge in [-0.3, -0.25) is 4.79 Å². The predicted molar refractivity (Wildman–Crippen MR) is 166 cm³/mol. The van der Waals surface area contributed by atoms with Crippen LogP contribution in [0.1, 0.15) is 49.5 Å². The molecule has 2 atom stereocenters. The summed E-state index contributed by atoms with van der Waals surface area (Å²) in [4.78, 5) is 19.3. The highest BCUT2D eigenvalue weighted by molar-refractivity contribution is 9.10. The van der Waals surface area contributed by atoms with Crippen LogP contribution in [0.5, 0.6) is 11.5 Å². The van der Waals surface area contributed by atoms with Gasteiger partial charge in [-0.15, -0.1) is 0 Å². The van der Waals surface area contributed by atoms with Gasteiger partial charge >= 0.3 is 0 Å². The second-order valence-electron chi connectivity index (χ2n) is 10.4. The minimum absolute atomic E-state index is 0.0711. The molecule has 0 radical (unpaired) electrons. The lowest BCUT2D eigenvalue weighted by Crippen LogP contribution is -2.50. The maximum absolute atomic E-state index is 14.2. The SMILES string of the molecule is COc1cccc([C@H]2OC(c3ccc(OCCCO)cc3)=N[C@@]2(Cc2ccc(Br)cc2)C(=O)NCCCOC(C)C)c1. The Morgan fingerprint density at radius 3 is 2.50 bits per heavy atom. The molecule has 0 bridgehead atoms. The predicted octanol–water partition coefficient (Wildman–Crippen LogP) is 5.65. The second kappa shape index (κ2) is 15.2. The van der Waals surface area contributed by atoms with Gasteiger partial charge in [0.05, 0.1) is 19.8 Å². The Labute approximate surface area is 256 Å². The van der Waals surface area contributed by atoms with Gasteiger partial charge in [0, 0.05) is 42.6 Å². The third-order valence-electron chi connectivity index (χ3n) is 6.87. The zero-order valence-corrected chi connectivity index (χ0v) is 25.9. The van der Waals surface area contributed by atoms with Gasteiger partial charge in [-0.1, -0.05) is 40.2 Å². The minimum Gasteiger partial charge on any atom is -0.497 e. The monoisotopic (exact) mass is 638 g/mol. The quantitative estimate of drug-likeness (QED) is 0.209. The minimum atomic E-state index is -1.29. The van der Waals surface area contributed by atoms with Crippen LogP contribution in [0.2, 0.25) is 0 Å². The number of amides is 1. The Morgan fingerprint density at radius 2 is 1.81 bits per heavy atom. The number of carbonyl (C=O) groups excluding carboxylic acids is 1. The number of hydrogen-bond acceptors (Lipinski definition) is 7. The number of hydrogen-bond donors (Lipinski definition) is 2. The normalized spacial score (nSPS) is 18.0. The van der Waals surface area contributed by atoms with E-state index < -0.39 is 11.6 Å². The molecule has 3 aromatic carbocycles. The molecule has 1 amide bonds. The molecule has 0 unspecified atom stereocenters. The van der Waals surface area contributed by atoms with Gasteiger partial charge in [-0.05, 0) is 79.9 Å².